The van der Waals surface area contributed by atoms with E-state index in [4.69, 9.17) is 15.9 Å². The first-order valence-electron chi connectivity index (χ1n) is 6.30. The van der Waals surface area contributed by atoms with E-state index in [1.54, 1.807) is 7.11 Å². The number of hydrogen-bond donors (Lipinski definition) is 2. The zero-order valence-electron chi connectivity index (χ0n) is 11.7. The lowest BCUT2D eigenvalue weighted by Gasteiger charge is -2.30. The number of hydrogen-bond acceptors (Lipinski definition) is 3. The summed E-state index contributed by atoms with van der Waals surface area (Å²) in [5.41, 5.74) is 7.35. The van der Waals surface area contributed by atoms with Crippen molar-refractivity contribution in [3.63, 3.8) is 0 Å². The van der Waals surface area contributed by atoms with Crippen molar-refractivity contribution >= 4 is 11.5 Å². The number of ether oxygens (including phenoxy) is 1. The van der Waals surface area contributed by atoms with Crippen LogP contribution in [0.2, 0.25) is 0 Å². The summed E-state index contributed by atoms with van der Waals surface area (Å²) in [5, 5.41) is 7.66. The van der Waals surface area contributed by atoms with Crippen LogP contribution in [-0.4, -0.2) is 26.0 Å². The molecule has 4 heteroatoms. The standard InChI is InChI=1S/C14H23N3O/c1-5-10(6-2)17(3)13-9-11(18-4)7-8-12(13)14(15)16/h7-10H,5-6H2,1-4H3,(H3,15,16). The van der Waals surface area contributed by atoms with E-state index in [2.05, 4.69) is 18.7 Å². The highest BCUT2D eigenvalue weighted by Gasteiger charge is 2.16. The highest BCUT2D eigenvalue weighted by molar-refractivity contribution is 6.00. The highest BCUT2D eigenvalue weighted by Crippen LogP contribution is 2.27. The van der Waals surface area contributed by atoms with Crippen LogP contribution in [0.5, 0.6) is 5.75 Å². The number of nitrogens with zero attached hydrogens (tertiary/aromatic N) is 1. The zero-order valence-corrected chi connectivity index (χ0v) is 11.7. The largest absolute Gasteiger partial charge is 0.497 e. The molecule has 3 N–H and O–H groups in total. The van der Waals surface area contributed by atoms with E-state index in [1.165, 1.54) is 0 Å². The Labute approximate surface area is 109 Å². The van der Waals surface area contributed by atoms with Gasteiger partial charge in [0.15, 0.2) is 0 Å². The van der Waals surface area contributed by atoms with Crippen molar-refractivity contribution in [2.45, 2.75) is 32.7 Å². The number of methoxy groups -OCH3 is 1. The quantitative estimate of drug-likeness (QED) is 0.601. The van der Waals surface area contributed by atoms with E-state index in [1.807, 2.05) is 25.2 Å². The molecule has 1 rings (SSSR count). The minimum atomic E-state index is 0.0884. The minimum Gasteiger partial charge on any atom is -0.497 e. The summed E-state index contributed by atoms with van der Waals surface area (Å²) in [7, 11) is 3.68. The number of amidine groups is 1. The summed E-state index contributed by atoms with van der Waals surface area (Å²) < 4.78 is 5.25. The summed E-state index contributed by atoms with van der Waals surface area (Å²) >= 11 is 0. The molecule has 0 radical (unpaired) electrons. The van der Waals surface area contributed by atoms with Crippen LogP contribution in [-0.2, 0) is 0 Å². The Balaban J connectivity index is 3.21. The van der Waals surface area contributed by atoms with E-state index in [0.717, 1.165) is 29.8 Å². The second-order valence-electron chi connectivity index (χ2n) is 4.38. The predicted octanol–water partition coefficient (Wildman–Crippen LogP) is 2.60. The van der Waals surface area contributed by atoms with Crippen LogP contribution in [0.1, 0.15) is 32.3 Å². The summed E-state index contributed by atoms with van der Waals surface area (Å²) in [4.78, 5) is 2.18. The van der Waals surface area contributed by atoms with Gasteiger partial charge in [-0.1, -0.05) is 13.8 Å². The Kier molecular flexibility index (Phi) is 5.01. The van der Waals surface area contributed by atoms with Crippen molar-refractivity contribution in [3.05, 3.63) is 23.8 Å². The summed E-state index contributed by atoms with van der Waals surface area (Å²) in [6.07, 6.45) is 2.11. The Morgan fingerprint density at radius 1 is 1.39 bits per heavy atom. The monoisotopic (exact) mass is 249 g/mol. The number of nitrogen functional groups attached to an aromatic ring is 1. The predicted molar refractivity (Wildman–Crippen MR) is 76.8 cm³/mol. The van der Waals surface area contributed by atoms with Gasteiger partial charge in [0.05, 0.1) is 12.8 Å². The van der Waals surface area contributed by atoms with E-state index in [9.17, 15) is 0 Å². The van der Waals surface area contributed by atoms with Crippen LogP contribution in [0.25, 0.3) is 0 Å². The van der Waals surface area contributed by atoms with Gasteiger partial charge in [-0.05, 0) is 25.0 Å². The maximum Gasteiger partial charge on any atom is 0.124 e. The van der Waals surface area contributed by atoms with Crippen LogP contribution >= 0.6 is 0 Å². The summed E-state index contributed by atoms with van der Waals surface area (Å²) in [5.74, 6) is 0.873. The molecule has 0 aliphatic carbocycles. The van der Waals surface area contributed by atoms with Gasteiger partial charge in [-0.15, -0.1) is 0 Å². The molecule has 0 saturated carbocycles. The lowest BCUT2D eigenvalue weighted by atomic mass is 10.1. The fourth-order valence-electron chi connectivity index (χ4n) is 2.19. The SMILES string of the molecule is CCC(CC)N(C)c1cc(OC)ccc1C(=N)N. The van der Waals surface area contributed by atoms with Crippen LogP contribution in [0.3, 0.4) is 0 Å². The molecule has 0 aliphatic heterocycles. The van der Waals surface area contributed by atoms with Crippen LogP contribution in [0.4, 0.5) is 5.69 Å². The molecule has 0 saturated heterocycles. The topological polar surface area (TPSA) is 62.3 Å². The first kappa shape index (κ1) is 14.4. The average Bonchev–Trinajstić information content (AvgIpc) is 2.39. The number of benzene rings is 1. The molecule has 100 valence electrons. The van der Waals surface area contributed by atoms with Crippen molar-refractivity contribution in [1.29, 1.82) is 5.41 Å². The van der Waals surface area contributed by atoms with Gasteiger partial charge in [0, 0.05) is 24.7 Å². The second-order valence-corrected chi connectivity index (χ2v) is 4.38. The Morgan fingerprint density at radius 3 is 2.44 bits per heavy atom. The maximum atomic E-state index is 7.66. The van der Waals surface area contributed by atoms with Gasteiger partial charge in [-0.3, -0.25) is 5.41 Å². The van der Waals surface area contributed by atoms with Crippen molar-refractivity contribution in [1.82, 2.24) is 0 Å². The van der Waals surface area contributed by atoms with E-state index < -0.39 is 0 Å². The van der Waals surface area contributed by atoms with Gasteiger partial charge >= 0.3 is 0 Å². The van der Waals surface area contributed by atoms with Crippen molar-refractivity contribution in [2.75, 3.05) is 19.1 Å². The summed E-state index contributed by atoms with van der Waals surface area (Å²) in [6, 6.07) is 6.06. The third-order valence-electron chi connectivity index (χ3n) is 3.37. The Morgan fingerprint density at radius 2 is 2.00 bits per heavy atom. The molecule has 0 aromatic heterocycles. The maximum absolute atomic E-state index is 7.66. The lowest BCUT2D eigenvalue weighted by Crippen LogP contribution is -2.32. The van der Waals surface area contributed by atoms with Crippen LogP contribution < -0.4 is 15.4 Å². The van der Waals surface area contributed by atoms with E-state index >= 15 is 0 Å². The minimum absolute atomic E-state index is 0.0884. The number of nitrogens with one attached hydrogen (secondary N) is 1. The molecule has 0 bridgehead atoms. The lowest BCUT2D eigenvalue weighted by molar-refractivity contribution is 0.414. The second kappa shape index (κ2) is 6.28. The molecule has 4 nitrogen and oxygen atoms in total. The van der Waals surface area contributed by atoms with Gasteiger partial charge in [0.1, 0.15) is 11.6 Å². The van der Waals surface area contributed by atoms with Crippen LogP contribution in [0, 0.1) is 5.41 Å². The van der Waals surface area contributed by atoms with E-state index in [-0.39, 0.29) is 5.84 Å². The molecule has 0 unspecified atom stereocenters. The van der Waals surface area contributed by atoms with Crippen molar-refractivity contribution in [3.8, 4) is 5.75 Å². The first-order valence-corrected chi connectivity index (χ1v) is 6.30. The molecule has 0 heterocycles. The normalized spacial score (nSPS) is 10.5. The third kappa shape index (κ3) is 2.94. The number of rotatable bonds is 6. The molecule has 1 aromatic rings. The zero-order chi connectivity index (χ0) is 13.7. The Bertz CT molecular complexity index is 414. The molecule has 0 spiro atoms. The first-order chi connectivity index (χ1) is 8.54. The molecule has 18 heavy (non-hydrogen) atoms. The molecule has 1 aromatic carbocycles. The molecule has 0 amide bonds. The number of nitrogens with two attached hydrogens (primary N) is 1. The smallest absolute Gasteiger partial charge is 0.124 e. The summed E-state index contributed by atoms with van der Waals surface area (Å²) in [6.45, 7) is 4.33. The Hall–Kier alpha value is -1.71. The fraction of sp³-hybridized carbons (Fsp3) is 0.500. The van der Waals surface area contributed by atoms with Crippen molar-refractivity contribution < 1.29 is 4.74 Å². The molecular formula is C14H23N3O. The average molecular weight is 249 g/mol. The van der Waals surface area contributed by atoms with Gasteiger partial charge in [0.2, 0.25) is 0 Å². The molecular weight excluding hydrogens is 226 g/mol. The highest BCUT2D eigenvalue weighted by atomic mass is 16.5. The third-order valence-corrected chi connectivity index (χ3v) is 3.37. The van der Waals surface area contributed by atoms with Crippen molar-refractivity contribution in [2.24, 2.45) is 5.73 Å². The van der Waals surface area contributed by atoms with Gasteiger partial charge in [-0.25, -0.2) is 0 Å². The van der Waals surface area contributed by atoms with Crippen LogP contribution in [0.15, 0.2) is 18.2 Å². The molecule has 0 fully saturated rings. The van der Waals surface area contributed by atoms with Gasteiger partial charge in [-0.2, -0.15) is 0 Å². The molecule has 0 aliphatic rings. The van der Waals surface area contributed by atoms with Gasteiger partial charge in [0.25, 0.3) is 0 Å². The number of anilines is 1. The fourth-order valence-corrected chi connectivity index (χ4v) is 2.19. The van der Waals surface area contributed by atoms with Gasteiger partial charge < -0.3 is 15.4 Å². The molecule has 0 atom stereocenters. The van der Waals surface area contributed by atoms with E-state index in [0.29, 0.717) is 6.04 Å².